The largest absolute Gasteiger partial charge is 0.299 e. The fraction of sp³-hybridized carbons (Fsp3) is 0.643. The normalized spacial score (nSPS) is 10.5. The van der Waals surface area contributed by atoms with E-state index in [9.17, 15) is 4.79 Å². The van der Waals surface area contributed by atoms with Crippen LogP contribution in [-0.2, 0) is 4.79 Å². The molecule has 0 amide bonds. The van der Waals surface area contributed by atoms with Gasteiger partial charge >= 0.3 is 0 Å². The molecular weight excluding hydrogens is 184 g/mol. The lowest BCUT2D eigenvalue weighted by Gasteiger charge is -1.94. The van der Waals surface area contributed by atoms with Crippen molar-refractivity contribution in [2.75, 3.05) is 0 Å². The standard InChI is InChI=1S/C10H16O.C4H10/c1-9(2)5-4-6-10(3)7-8-11;1-4(2)3/h5,7-8H,4,6H2,1-3H3;4H,1-3H3/b10-7+;. The van der Waals surface area contributed by atoms with Gasteiger partial charge in [-0.15, -0.1) is 0 Å². The Hall–Kier alpha value is -0.850. The molecule has 0 radical (unpaired) electrons. The number of rotatable bonds is 4. The lowest BCUT2D eigenvalue weighted by atomic mass is 10.1. The molecule has 0 atom stereocenters. The first-order valence-corrected chi connectivity index (χ1v) is 5.64. The van der Waals surface area contributed by atoms with E-state index in [2.05, 4.69) is 40.7 Å². The average Bonchev–Trinajstić information content (AvgIpc) is 2.02. The maximum atomic E-state index is 10.0. The van der Waals surface area contributed by atoms with Gasteiger partial charge in [-0.2, -0.15) is 0 Å². The van der Waals surface area contributed by atoms with Gasteiger partial charge in [0.1, 0.15) is 6.29 Å². The van der Waals surface area contributed by atoms with Crippen molar-refractivity contribution in [3.63, 3.8) is 0 Å². The predicted molar refractivity (Wildman–Crippen MR) is 69.0 cm³/mol. The topological polar surface area (TPSA) is 17.1 Å². The summed E-state index contributed by atoms with van der Waals surface area (Å²) in [5.41, 5.74) is 2.49. The number of aldehydes is 1. The molecule has 0 bridgehead atoms. The lowest BCUT2D eigenvalue weighted by Crippen LogP contribution is -1.77. The third-order valence-corrected chi connectivity index (χ3v) is 1.44. The number of carbonyl (C=O) groups is 1. The van der Waals surface area contributed by atoms with Crippen LogP contribution in [0.3, 0.4) is 0 Å². The molecule has 0 saturated carbocycles. The van der Waals surface area contributed by atoms with Gasteiger partial charge in [0.25, 0.3) is 0 Å². The van der Waals surface area contributed by atoms with E-state index in [1.807, 2.05) is 6.92 Å². The van der Waals surface area contributed by atoms with Crippen LogP contribution in [-0.4, -0.2) is 6.29 Å². The maximum Gasteiger partial charge on any atom is 0.142 e. The van der Waals surface area contributed by atoms with Gasteiger partial charge < -0.3 is 0 Å². The minimum atomic E-state index is 0.833. The molecule has 0 unspecified atom stereocenters. The molecule has 15 heavy (non-hydrogen) atoms. The Bertz CT molecular complexity index is 203. The van der Waals surface area contributed by atoms with Gasteiger partial charge in [-0.05, 0) is 45.6 Å². The minimum absolute atomic E-state index is 0.833. The fourth-order valence-corrected chi connectivity index (χ4v) is 0.788. The molecule has 0 N–H and O–H groups in total. The van der Waals surface area contributed by atoms with Crippen LogP contribution < -0.4 is 0 Å². The second kappa shape index (κ2) is 11.2. The van der Waals surface area contributed by atoms with E-state index < -0.39 is 0 Å². The Labute approximate surface area is 95.3 Å². The van der Waals surface area contributed by atoms with Gasteiger partial charge in [0.15, 0.2) is 0 Å². The summed E-state index contributed by atoms with van der Waals surface area (Å²) in [5, 5.41) is 0. The third-order valence-electron chi connectivity index (χ3n) is 1.44. The molecule has 0 aliphatic rings. The summed E-state index contributed by atoms with van der Waals surface area (Å²) >= 11 is 0. The van der Waals surface area contributed by atoms with E-state index in [1.165, 1.54) is 5.57 Å². The Balaban J connectivity index is 0. The molecule has 88 valence electrons. The van der Waals surface area contributed by atoms with Crippen LogP contribution in [0.15, 0.2) is 23.3 Å². The third kappa shape index (κ3) is 24.6. The number of allylic oxidation sites excluding steroid dienone is 4. The number of hydrogen-bond donors (Lipinski definition) is 0. The highest BCUT2D eigenvalue weighted by Crippen LogP contribution is 2.05. The van der Waals surface area contributed by atoms with Gasteiger partial charge in [-0.3, -0.25) is 4.79 Å². The summed E-state index contributed by atoms with van der Waals surface area (Å²) in [4.78, 5) is 10.0. The van der Waals surface area contributed by atoms with Crippen molar-refractivity contribution in [2.24, 2.45) is 5.92 Å². The Kier molecular flexibility index (Phi) is 12.4. The summed E-state index contributed by atoms with van der Waals surface area (Å²) in [5.74, 6) is 0.833. The molecule has 1 heteroatoms. The van der Waals surface area contributed by atoms with Crippen molar-refractivity contribution in [3.8, 4) is 0 Å². The molecule has 0 saturated heterocycles. The highest BCUT2D eigenvalue weighted by molar-refractivity contribution is 5.65. The molecule has 0 aromatic rings. The summed E-state index contributed by atoms with van der Waals surface area (Å²) in [6.45, 7) is 12.6. The van der Waals surface area contributed by atoms with Crippen LogP contribution in [0.5, 0.6) is 0 Å². The molecule has 0 spiro atoms. The van der Waals surface area contributed by atoms with Gasteiger partial charge in [0, 0.05) is 0 Å². The number of carbonyl (C=O) groups excluding carboxylic acids is 1. The zero-order chi connectivity index (χ0) is 12.3. The van der Waals surface area contributed by atoms with Gasteiger partial charge in [-0.25, -0.2) is 0 Å². The van der Waals surface area contributed by atoms with E-state index in [1.54, 1.807) is 6.08 Å². The number of hydrogen-bond acceptors (Lipinski definition) is 1. The van der Waals surface area contributed by atoms with Crippen molar-refractivity contribution >= 4 is 6.29 Å². The van der Waals surface area contributed by atoms with Gasteiger partial charge in [-0.1, -0.05) is 38.0 Å². The van der Waals surface area contributed by atoms with Crippen LogP contribution in [0, 0.1) is 5.92 Å². The van der Waals surface area contributed by atoms with Crippen LogP contribution in [0.2, 0.25) is 0 Å². The van der Waals surface area contributed by atoms with E-state index in [4.69, 9.17) is 0 Å². The zero-order valence-corrected chi connectivity index (χ0v) is 11.1. The van der Waals surface area contributed by atoms with Gasteiger partial charge in [0.2, 0.25) is 0 Å². The molecular formula is C14H26O. The van der Waals surface area contributed by atoms with E-state index >= 15 is 0 Å². The van der Waals surface area contributed by atoms with Crippen LogP contribution >= 0.6 is 0 Å². The predicted octanol–water partition coefficient (Wildman–Crippen LogP) is 4.54. The Morgan fingerprint density at radius 3 is 1.93 bits per heavy atom. The van der Waals surface area contributed by atoms with Crippen LogP contribution in [0.25, 0.3) is 0 Å². The van der Waals surface area contributed by atoms with Gasteiger partial charge in [0.05, 0.1) is 0 Å². The highest BCUT2D eigenvalue weighted by Gasteiger charge is 1.86. The molecule has 0 heterocycles. The van der Waals surface area contributed by atoms with Crippen molar-refractivity contribution in [1.29, 1.82) is 0 Å². The van der Waals surface area contributed by atoms with E-state index in [-0.39, 0.29) is 0 Å². The fourth-order valence-electron chi connectivity index (χ4n) is 0.788. The van der Waals surface area contributed by atoms with Crippen molar-refractivity contribution in [1.82, 2.24) is 0 Å². The molecule has 0 aromatic carbocycles. The average molecular weight is 210 g/mol. The minimum Gasteiger partial charge on any atom is -0.299 e. The first-order chi connectivity index (χ1) is 6.90. The van der Waals surface area contributed by atoms with E-state index in [0.717, 1.165) is 30.6 Å². The maximum absolute atomic E-state index is 10.0. The molecule has 0 aliphatic heterocycles. The van der Waals surface area contributed by atoms with Crippen molar-refractivity contribution in [3.05, 3.63) is 23.3 Å². The molecule has 0 aliphatic carbocycles. The van der Waals surface area contributed by atoms with E-state index in [0.29, 0.717) is 0 Å². The highest BCUT2D eigenvalue weighted by atomic mass is 16.1. The van der Waals surface area contributed by atoms with Crippen molar-refractivity contribution in [2.45, 2.75) is 54.4 Å². The second-order valence-corrected chi connectivity index (χ2v) is 4.70. The van der Waals surface area contributed by atoms with Crippen LogP contribution in [0.4, 0.5) is 0 Å². The summed E-state index contributed by atoms with van der Waals surface area (Å²) < 4.78 is 0. The summed E-state index contributed by atoms with van der Waals surface area (Å²) in [6, 6.07) is 0. The summed E-state index contributed by atoms with van der Waals surface area (Å²) in [6.07, 6.45) is 6.68. The first-order valence-electron chi connectivity index (χ1n) is 5.64. The first kappa shape index (κ1) is 16.6. The molecule has 1 nitrogen and oxygen atoms in total. The molecule has 0 aromatic heterocycles. The Morgan fingerprint density at radius 2 is 1.60 bits per heavy atom. The monoisotopic (exact) mass is 210 g/mol. The zero-order valence-electron chi connectivity index (χ0n) is 11.1. The molecule has 0 fully saturated rings. The molecule has 0 rings (SSSR count). The lowest BCUT2D eigenvalue weighted by molar-refractivity contribution is -0.104. The Morgan fingerprint density at radius 1 is 1.13 bits per heavy atom. The quantitative estimate of drug-likeness (QED) is 0.378. The second-order valence-electron chi connectivity index (χ2n) is 4.70. The SMILES string of the molecule is CC(C)=CCC/C(C)=C/C=O.CC(C)C. The summed E-state index contributed by atoms with van der Waals surface area (Å²) in [7, 11) is 0. The van der Waals surface area contributed by atoms with Crippen LogP contribution in [0.1, 0.15) is 54.4 Å². The van der Waals surface area contributed by atoms with Crippen molar-refractivity contribution < 1.29 is 4.79 Å². The smallest absolute Gasteiger partial charge is 0.142 e.